The minimum Gasteiger partial charge on any atom is -0.497 e. The molecule has 4 rings (SSSR count). The number of hydrogen-bond donors (Lipinski definition) is 2. The van der Waals surface area contributed by atoms with Crippen LogP contribution < -0.4 is 10.1 Å². The molecule has 0 saturated carbocycles. The van der Waals surface area contributed by atoms with E-state index in [0.717, 1.165) is 5.56 Å². The van der Waals surface area contributed by atoms with Crippen molar-refractivity contribution >= 4 is 16.8 Å². The second kappa shape index (κ2) is 7.19. The summed E-state index contributed by atoms with van der Waals surface area (Å²) in [5, 5.41) is 3.37. The second-order valence-corrected chi connectivity index (χ2v) is 6.46. The number of carbonyl (C=O) groups excluding carboxylic acids is 1. The highest BCUT2D eigenvalue weighted by Crippen LogP contribution is 2.25. The van der Waals surface area contributed by atoms with E-state index in [1.165, 1.54) is 12.1 Å². The summed E-state index contributed by atoms with van der Waals surface area (Å²) in [6.45, 7) is 0. The molecule has 4 aromatic rings. The van der Waals surface area contributed by atoms with Crippen LogP contribution in [0.2, 0.25) is 0 Å². The summed E-state index contributed by atoms with van der Waals surface area (Å²) in [5.41, 5.74) is 1.67. The highest BCUT2D eigenvalue weighted by atomic mass is 19.1. The quantitative estimate of drug-likeness (QED) is 0.558. The lowest BCUT2D eigenvalue weighted by atomic mass is 10.1. The van der Waals surface area contributed by atoms with Crippen molar-refractivity contribution in [2.45, 2.75) is 6.04 Å². The molecule has 6 nitrogen and oxygen atoms in total. The fraction of sp³-hybridized carbons (Fsp3) is 0.143. The van der Waals surface area contributed by atoms with Gasteiger partial charge in [0.05, 0.1) is 7.11 Å². The maximum absolute atomic E-state index is 14.0. The summed E-state index contributed by atoms with van der Waals surface area (Å²) in [6, 6.07) is 13.1. The fourth-order valence-corrected chi connectivity index (χ4v) is 3.22. The number of fused-ring (bicyclic) bond motifs is 1. The highest BCUT2D eigenvalue weighted by Gasteiger charge is 2.23. The zero-order chi connectivity index (χ0) is 19.7. The van der Waals surface area contributed by atoms with E-state index in [2.05, 4.69) is 15.3 Å². The fourth-order valence-electron chi connectivity index (χ4n) is 3.22. The molecule has 0 aliphatic heterocycles. The summed E-state index contributed by atoms with van der Waals surface area (Å²) in [5.74, 6) is 0.621. The molecule has 0 aliphatic carbocycles. The average molecular weight is 378 g/mol. The number of aromatic amines is 1. The zero-order valence-electron chi connectivity index (χ0n) is 15.4. The van der Waals surface area contributed by atoms with Gasteiger partial charge in [-0.15, -0.1) is 0 Å². The number of methoxy groups -OCH3 is 1. The summed E-state index contributed by atoms with van der Waals surface area (Å²) in [6.07, 6.45) is 3.49. The van der Waals surface area contributed by atoms with Crippen LogP contribution in [0.1, 0.15) is 27.9 Å². The first-order chi connectivity index (χ1) is 13.6. The molecule has 0 bridgehead atoms. The largest absolute Gasteiger partial charge is 0.497 e. The SMILES string of the molecule is COc1cccc([C@@H](NC(=O)c2cc3c(F)cccc3[nH]2)c2nccn2C)c1. The Morgan fingerprint density at radius 1 is 1.25 bits per heavy atom. The lowest BCUT2D eigenvalue weighted by molar-refractivity contribution is 0.0937. The predicted molar refractivity (Wildman–Crippen MR) is 104 cm³/mol. The molecule has 1 atom stereocenters. The number of aryl methyl sites for hydroxylation is 1. The lowest BCUT2D eigenvalue weighted by Crippen LogP contribution is -2.31. The molecule has 0 spiro atoms. The second-order valence-electron chi connectivity index (χ2n) is 6.46. The van der Waals surface area contributed by atoms with E-state index >= 15 is 0 Å². The van der Waals surface area contributed by atoms with E-state index in [1.54, 1.807) is 25.4 Å². The van der Waals surface area contributed by atoms with Gasteiger partial charge in [-0.2, -0.15) is 0 Å². The molecule has 0 unspecified atom stereocenters. The molecule has 28 heavy (non-hydrogen) atoms. The van der Waals surface area contributed by atoms with Crippen molar-refractivity contribution in [2.24, 2.45) is 7.05 Å². The van der Waals surface area contributed by atoms with E-state index in [-0.39, 0.29) is 17.4 Å². The Morgan fingerprint density at radius 2 is 2.07 bits per heavy atom. The average Bonchev–Trinajstić information content (AvgIpc) is 3.33. The molecule has 0 radical (unpaired) electrons. The van der Waals surface area contributed by atoms with Gasteiger partial charge >= 0.3 is 0 Å². The number of amides is 1. The van der Waals surface area contributed by atoms with Crippen LogP contribution in [0.15, 0.2) is 60.9 Å². The van der Waals surface area contributed by atoms with Crippen LogP contribution in [0.4, 0.5) is 4.39 Å². The molecular weight excluding hydrogens is 359 g/mol. The minimum absolute atomic E-state index is 0.280. The van der Waals surface area contributed by atoms with Crippen LogP contribution in [0, 0.1) is 5.82 Å². The van der Waals surface area contributed by atoms with E-state index < -0.39 is 6.04 Å². The molecule has 0 fully saturated rings. The topological polar surface area (TPSA) is 71.9 Å². The molecule has 7 heteroatoms. The number of nitrogens with zero attached hydrogens (tertiary/aromatic N) is 2. The van der Waals surface area contributed by atoms with Gasteiger partial charge in [0, 0.05) is 30.3 Å². The third kappa shape index (κ3) is 3.22. The molecular formula is C21H19FN4O2. The molecule has 0 aliphatic rings. The highest BCUT2D eigenvalue weighted by molar-refractivity contribution is 5.98. The number of H-pyrrole nitrogens is 1. The molecule has 142 valence electrons. The van der Waals surface area contributed by atoms with Crippen molar-refractivity contribution in [3.8, 4) is 5.75 Å². The first-order valence-corrected chi connectivity index (χ1v) is 8.76. The summed E-state index contributed by atoms with van der Waals surface area (Å²) in [4.78, 5) is 20.3. The van der Waals surface area contributed by atoms with Crippen molar-refractivity contribution in [3.63, 3.8) is 0 Å². The van der Waals surface area contributed by atoms with Gasteiger partial charge in [-0.05, 0) is 35.9 Å². The Balaban J connectivity index is 1.71. The Kier molecular flexibility index (Phi) is 4.57. The number of ether oxygens (including phenoxy) is 1. The van der Waals surface area contributed by atoms with Gasteiger partial charge in [-0.3, -0.25) is 4.79 Å². The van der Waals surface area contributed by atoms with Crippen LogP contribution in [0.3, 0.4) is 0 Å². The Hall–Kier alpha value is -3.61. The van der Waals surface area contributed by atoms with Crippen molar-refractivity contribution in [1.82, 2.24) is 19.9 Å². The molecule has 2 aromatic carbocycles. The van der Waals surface area contributed by atoms with Crippen LogP contribution in [-0.4, -0.2) is 27.6 Å². The smallest absolute Gasteiger partial charge is 0.268 e. The van der Waals surface area contributed by atoms with Crippen molar-refractivity contribution in [1.29, 1.82) is 0 Å². The van der Waals surface area contributed by atoms with E-state index in [1.807, 2.05) is 42.1 Å². The number of imidazole rings is 1. The monoisotopic (exact) mass is 378 g/mol. The number of hydrogen-bond acceptors (Lipinski definition) is 3. The molecule has 0 saturated heterocycles. The standard InChI is InChI=1S/C21H19FN4O2/c1-26-10-9-23-20(26)19(13-5-3-6-14(11-13)28-2)25-21(27)18-12-15-16(22)7-4-8-17(15)24-18/h3-12,19,24H,1-2H3,(H,25,27)/t19-/m1/s1. The summed E-state index contributed by atoms with van der Waals surface area (Å²) < 4.78 is 21.1. The van der Waals surface area contributed by atoms with Gasteiger partial charge in [-0.25, -0.2) is 9.37 Å². The molecule has 2 aromatic heterocycles. The van der Waals surface area contributed by atoms with Crippen LogP contribution >= 0.6 is 0 Å². The number of nitrogens with one attached hydrogen (secondary N) is 2. The number of aromatic nitrogens is 3. The van der Waals surface area contributed by atoms with Gasteiger partial charge in [-0.1, -0.05) is 18.2 Å². The molecule has 2 heterocycles. The third-order valence-electron chi connectivity index (χ3n) is 4.67. The summed E-state index contributed by atoms with van der Waals surface area (Å²) in [7, 11) is 3.45. The number of rotatable bonds is 5. The molecule has 1 amide bonds. The van der Waals surface area contributed by atoms with Crippen molar-refractivity contribution in [2.75, 3.05) is 7.11 Å². The van der Waals surface area contributed by atoms with E-state index in [9.17, 15) is 9.18 Å². The maximum atomic E-state index is 14.0. The third-order valence-corrected chi connectivity index (χ3v) is 4.67. The number of benzene rings is 2. The van der Waals surface area contributed by atoms with Gasteiger partial charge < -0.3 is 19.6 Å². The Bertz CT molecular complexity index is 1150. The first kappa shape index (κ1) is 17.8. The van der Waals surface area contributed by atoms with Crippen molar-refractivity contribution in [3.05, 3.63) is 83.8 Å². The van der Waals surface area contributed by atoms with Gasteiger partial charge in [0.25, 0.3) is 5.91 Å². The van der Waals surface area contributed by atoms with Crippen LogP contribution in [0.25, 0.3) is 10.9 Å². The van der Waals surface area contributed by atoms with Gasteiger partial charge in [0.15, 0.2) is 0 Å². The van der Waals surface area contributed by atoms with Crippen LogP contribution in [-0.2, 0) is 7.05 Å². The predicted octanol–water partition coefficient (Wildman–Crippen LogP) is 3.57. The van der Waals surface area contributed by atoms with Gasteiger partial charge in [0.1, 0.15) is 29.1 Å². The Morgan fingerprint density at radius 3 is 2.79 bits per heavy atom. The molecule has 2 N–H and O–H groups in total. The summed E-state index contributed by atoms with van der Waals surface area (Å²) >= 11 is 0. The number of carbonyl (C=O) groups is 1. The van der Waals surface area contributed by atoms with Gasteiger partial charge in [0.2, 0.25) is 0 Å². The van der Waals surface area contributed by atoms with Crippen molar-refractivity contribution < 1.29 is 13.9 Å². The normalized spacial score (nSPS) is 12.1. The van der Waals surface area contributed by atoms with Crippen LogP contribution in [0.5, 0.6) is 5.75 Å². The minimum atomic E-state index is -0.501. The number of halogens is 1. The first-order valence-electron chi connectivity index (χ1n) is 8.76. The zero-order valence-corrected chi connectivity index (χ0v) is 15.4. The Labute approximate surface area is 161 Å². The maximum Gasteiger partial charge on any atom is 0.268 e. The lowest BCUT2D eigenvalue weighted by Gasteiger charge is -2.19. The van der Waals surface area contributed by atoms with E-state index in [0.29, 0.717) is 22.5 Å². The van der Waals surface area contributed by atoms with E-state index in [4.69, 9.17) is 4.74 Å².